The Morgan fingerprint density at radius 3 is 2.56 bits per heavy atom. The van der Waals surface area contributed by atoms with Gasteiger partial charge in [-0.25, -0.2) is 0 Å². The van der Waals surface area contributed by atoms with Gasteiger partial charge < -0.3 is 19.7 Å². The van der Waals surface area contributed by atoms with Crippen LogP contribution in [0.2, 0.25) is 0 Å². The van der Waals surface area contributed by atoms with E-state index in [-0.39, 0.29) is 28.9 Å². The normalized spacial score (nSPS) is 24.8. The molecule has 1 saturated heterocycles. The fourth-order valence-electron chi connectivity index (χ4n) is 4.30. The highest BCUT2D eigenvalue weighted by atomic mass is 16.5. The number of aryl methyl sites for hydroxylation is 2. The van der Waals surface area contributed by atoms with Gasteiger partial charge in [-0.05, 0) is 39.5 Å². The number of amides is 1. The molecule has 6 heteroatoms. The van der Waals surface area contributed by atoms with Gasteiger partial charge in [0.2, 0.25) is 5.91 Å². The molecule has 1 amide bonds. The number of aliphatic hydroxyl groups is 1. The standard InChI is InChI=1S/C19H28N2O4/c1-13-10-15(22)11-14(2)21(13)7-3-4-18(24)20-16-12-17(23)19(16)5-8-25-9-6-19/h10-11,16-17,23H,3-9,12H2,1-2H3,(H,20,24)/t16-,17-/m1/s1. The maximum absolute atomic E-state index is 12.3. The minimum absolute atomic E-state index is 0.0225. The monoisotopic (exact) mass is 348 g/mol. The molecular formula is C19H28N2O4. The number of hydrogen-bond donors (Lipinski definition) is 2. The van der Waals surface area contributed by atoms with Gasteiger partial charge in [0.25, 0.3) is 0 Å². The lowest BCUT2D eigenvalue weighted by molar-refractivity contribution is -0.156. The van der Waals surface area contributed by atoms with Crippen LogP contribution in [0, 0.1) is 19.3 Å². The summed E-state index contributed by atoms with van der Waals surface area (Å²) >= 11 is 0. The second-order valence-electron chi connectivity index (χ2n) is 7.45. The summed E-state index contributed by atoms with van der Waals surface area (Å²) in [6, 6.07) is 3.31. The second kappa shape index (κ2) is 7.30. The molecule has 2 heterocycles. The van der Waals surface area contributed by atoms with E-state index in [0.29, 0.717) is 26.1 Å². The molecule has 1 saturated carbocycles. The summed E-state index contributed by atoms with van der Waals surface area (Å²) in [5.74, 6) is 0.0408. The number of nitrogens with one attached hydrogen (secondary N) is 1. The molecule has 2 aliphatic rings. The van der Waals surface area contributed by atoms with Gasteiger partial charge in [0.05, 0.1) is 6.10 Å². The molecule has 1 spiro atoms. The van der Waals surface area contributed by atoms with Crippen LogP contribution in [0.1, 0.15) is 43.5 Å². The molecule has 1 aromatic heterocycles. The van der Waals surface area contributed by atoms with Gasteiger partial charge in [-0.1, -0.05) is 0 Å². The van der Waals surface area contributed by atoms with Crippen LogP contribution >= 0.6 is 0 Å². The number of ether oxygens (including phenoxy) is 1. The third-order valence-electron chi connectivity index (χ3n) is 5.91. The summed E-state index contributed by atoms with van der Waals surface area (Å²) < 4.78 is 7.47. The van der Waals surface area contributed by atoms with Gasteiger partial charge in [0.15, 0.2) is 5.43 Å². The Balaban J connectivity index is 1.50. The summed E-state index contributed by atoms with van der Waals surface area (Å²) in [6.45, 7) is 5.87. The van der Waals surface area contributed by atoms with Gasteiger partial charge in [0.1, 0.15) is 0 Å². The molecule has 0 radical (unpaired) electrons. The Kier molecular flexibility index (Phi) is 5.29. The second-order valence-corrected chi connectivity index (χ2v) is 7.45. The Labute approximate surface area is 148 Å². The first-order chi connectivity index (χ1) is 11.9. The van der Waals surface area contributed by atoms with Crippen molar-refractivity contribution in [3.05, 3.63) is 33.7 Å². The quantitative estimate of drug-likeness (QED) is 0.840. The van der Waals surface area contributed by atoms with Crippen molar-refractivity contribution >= 4 is 5.91 Å². The van der Waals surface area contributed by atoms with E-state index in [2.05, 4.69) is 9.88 Å². The molecule has 25 heavy (non-hydrogen) atoms. The first-order valence-electron chi connectivity index (χ1n) is 9.16. The Bertz CT molecular complexity index is 665. The largest absolute Gasteiger partial charge is 0.392 e. The van der Waals surface area contributed by atoms with E-state index in [1.165, 1.54) is 0 Å². The van der Waals surface area contributed by atoms with Crippen molar-refractivity contribution in [2.75, 3.05) is 13.2 Å². The van der Waals surface area contributed by atoms with Crippen molar-refractivity contribution in [2.45, 2.75) is 64.6 Å². The van der Waals surface area contributed by atoms with E-state index < -0.39 is 0 Å². The van der Waals surface area contributed by atoms with Gasteiger partial charge in [-0.15, -0.1) is 0 Å². The number of nitrogens with zero attached hydrogens (tertiary/aromatic N) is 1. The van der Waals surface area contributed by atoms with E-state index >= 15 is 0 Å². The molecule has 1 aliphatic heterocycles. The van der Waals surface area contributed by atoms with Gasteiger partial charge in [-0.3, -0.25) is 9.59 Å². The highest BCUT2D eigenvalue weighted by Gasteiger charge is 2.55. The fourth-order valence-corrected chi connectivity index (χ4v) is 4.30. The lowest BCUT2D eigenvalue weighted by Crippen LogP contribution is -2.65. The molecule has 2 atom stereocenters. The molecule has 0 aromatic carbocycles. The van der Waals surface area contributed by atoms with Crippen LogP contribution in [0.15, 0.2) is 16.9 Å². The maximum Gasteiger partial charge on any atom is 0.220 e. The Morgan fingerprint density at radius 1 is 1.32 bits per heavy atom. The summed E-state index contributed by atoms with van der Waals surface area (Å²) in [4.78, 5) is 23.8. The van der Waals surface area contributed by atoms with Crippen LogP contribution in [-0.2, 0) is 16.1 Å². The van der Waals surface area contributed by atoms with Crippen LogP contribution in [-0.4, -0.2) is 40.9 Å². The number of aromatic nitrogens is 1. The maximum atomic E-state index is 12.3. The van der Waals surface area contributed by atoms with Crippen molar-refractivity contribution in [3.63, 3.8) is 0 Å². The van der Waals surface area contributed by atoms with Crippen LogP contribution in [0.25, 0.3) is 0 Å². The first kappa shape index (κ1) is 18.1. The number of hydrogen-bond acceptors (Lipinski definition) is 4. The van der Waals surface area contributed by atoms with Crippen molar-refractivity contribution in [1.29, 1.82) is 0 Å². The highest BCUT2D eigenvalue weighted by Crippen LogP contribution is 2.48. The number of rotatable bonds is 5. The van der Waals surface area contributed by atoms with Crippen LogP contribution in [0.5, 0.6) is 0 Å². The first-order valence-corrected chi connectivity index (χ1v) is 9.16. The van der Waals surface area contributed by atoms with E-state index in [9.17, 15) is 14.7 Å². The molecule has 1 aliphatic carbocycles. The lowest BCUT2D eigenvalue weighted by atomic mass is 9.58. The molecule has 2 fully saturated rings. The molecular weight excluding hydrogens is 320 g/mol. The predicted octanol–water partition coefficient (Wildman–Crippen LogP) is 1.29. The number of carbonyl (C=O) groups is 1. The zero-order valence-corrected chi connectivity index (χ0v) is 15.1. The molecule has 0 bridgehead atoms. The van der Waals surface area contributed by atoms with Crippen molar-refractivity contribution in [1.82, 2.24) is 9.88 Å². The molecule has 3 rings (SSSR count). The van der Waals surface area contributed by atoms with Crippen LogP contribution in [0.3, 0.4) is 0 Å². The topological polar surface area (TPSA) is 80.6 Å². The summed E-state index contributed by atoms with van der Waals surface area (Å²) in [6.07, 6.45) is 3.12. The van der Waals surface area contributed by atoms with Gasteiger partial charge in [0, 0.05) is 61.2 Å². The zero-order valence-electron chi connectivity index (χ0n) is 15.1. The average Bonchev–Trinajstić information content (AvgIpc) is 2.57. The minimum Gasteiger partial charge on any atom is -0.392 e. The van der Waals surface area contributed by atoms with E-state index in [1.54, 1.807) is 12.1 Å². The highest BCUT2D eigenvalue weighted by molar-refractivity contribution is 5.76. The van der Waals surface area contributed by atoms with Crippen molar-refractivity contribution < 1.29 is 14.6 Å². The smallest absolute Gasteiger partial charge is 0.220 e. The third-order valence-corrected chi connectivity index (χ3v) is 5.91. The average molecular weight is 348 g/mol. The lowest BCUT2D eigenvalue weighted by Gasteiger charge is -2.55. The Hall–Kier alpha value is -1.66. The summed E-state index contributed by atoms with van der Waals surface area (Å²) in [5.41, 5.74) is 1.69. The van der Waals surface area contributed by atoms with Crippen LogP contribution in [0.4, 0.5) is 0 Å². The molecule has 1 aromatic rings. The van der Waals surface area contributed by atoms with E-state index in [1.807, 2.05) is 13.8 Å². The summed E-state index contributed by atoms with van der Waals surface area (Å²) in [5, 5.41) is 13.3. The van der Waals surface area contributed by atoms with E-state index in [4.69, 9.17) is 4.74 Å². The van der Waals surface area contributed by atoms with Gasteiger partial charge in [-0.2, -0.15) is 0 Å². The SMILES string of the molecule is Cc1cc(=O)cc(C)n1CCCC(=O)N[C@@H]1C[C@@H](O)C12CCOCC2. The van der Waals surface area contributed by atoms with Crippen molar-refractivity contribution in [3.8, 4) is 0 Å². The predicted molar refractivity (Wildman–Crippen MR) is 94.5 cm³/mol. The minimum atomic E-state index is -0.326. The number of carbonyl (C=O) groups excluding carboxylic acids is 1. The molecule has 0 unspecified atom stereocenters. The molecule has 138 valence electrons. The third kappa shape index (κ3) is 3.65. The number of aliphatic hydroxyl groups excluding tert-OH is 1. The van der Waals surface area contributed by atoms with Crippen molar-refractivity contribution in [2.24, 2.45) is 5.41 Å². The molecule has 6 nitrogen and oxygen atoms in total. The Morgan fingerprint density at radius 2 is 1.96 bits per heavy atom. The summed E-state index contributed by atoms with van der Waals surface area (Å²) in [7, 11) is 0. The van der Waals surface area contributed by atoms with Crippen LogP contribution < -0.4 is 10.7 Å². The number of pyridine rings is 1. The molecule has 2 N–H and O–H groups in total. The van der Waals surface area contributed by atoms with E-state index in [0.717, 1.165) is 37.2 Å². The van der Waals surface area contributed by atoms with Gasteiger partial charge >= 0.3 is 0 Å². The zero-order chi connectivity index (χ0) is 18.0. The fraction of sp³-hybridized carbons (Fsp3) is 0.684.